The lowest BCUT2D eigenvalue weighted by molar-refractivity contribution is 0.0971. The van der Waals surface area contributed by atoms with Crippen LogP contribution in [0.25, 0.3) is 0 Å². The SMILES string of the molecule is CC(C)COCc1ccnc(N)c1. The highest BCUT2D eigenvalue weighted by Crippen LogP contribution is 2.05. The van der Waals surface area contributed by atoms with Crippen LogP contribution >= 0.6 is 0 Å². The molecule has 0 unspecified atom stereocenters. The van der Waals surface area contributed by atoms with Crippen LogP contribution in [0.3, 0.4) is 0 Å². The Morgan fingerprint density at radius 3 is 2.92 bits per heavy atom. The number of nitrogens with zero attached hydrogens (tertiary/aromatic N) is 1. The summed E-state index contributed by atoms with van der Waals surface area (Å²) in [4.78, 5) is 3.91. The van der Waals surface area contributed by atoms with E-state index in [9.17, 15) is 0 Å². The number of aromatic nitrogens is 1. The second kappa shape index (κ2) is 4.82. The van der Waals surface area contributed by atoms with E-state index >= 15 is 0 Å². The van der Waals surface area contributed by atoms with Gasteiger partial charge in [-0.25, -0.2) is 4.98 Å². The largest absolute Gasteiger partial charge is 0.384 e. The molecule has 0 fully saturated rings. The van der Waals surface area contributed by atoms with E-state index in [1.54, 1.807) is 6.20 Å². The molecule has 0 bridgehead atoms. The van der Waals surface area contributed by atoms with Crippen molar-refractivity contribution in [3.63, 3.8) is 0 Å². The minimum Gasteiger partial charge on any atom is -0.384 e. The Labute approximate surface area is 78.9 Å². The Hall–Kier alpha value is -1.09. The maximum atomic E-state index is 5.52. The van der Waals surface area contributed by atoms with E-state index in [0.29, 0.717) is 18.3 Å². The monoisotopic (exact) mass is 180 g/mol. The molecule has 72 valence electrons. The van der Waals surface area contributed by atoms with Crippen LogP contribution in [-0.2, 0) is 11.3 Å². The molecule has 0 aliphatic rings. The van der Waals surface area contributed by atoms with E-state index in [4.69, 9.17) is 10.5 Å². The lowest BCUT2D eigenvalue weighted by atomic mass is 10.2. The van der Waals surface area contributed by atoms with Crippen molar-refractivity contribution < 1.29 is 4.74 Å². The first-order valence-electron chi connectivity index (χ1n) is 4.46. The molecular formula is C10H16N2O. The molecule has 13 heavy (non-hydrogen) atoms. The zero-order valence-electron chi connectivity index (χ0n) is 8.16. The van der Waals surface area contributed by atoms with Gasteiger partial charge in [0.05, 0.1) is 6.61 Å². The Kier molecular flexibility index (Phi) is 3.71. The van der Waals surface area contributed by atoms with Crippen LogP contribution in [0.1, 0.15) is 19.4 Å². The topological polar surface area (TPSA) is 48.1 Å². The van der Waals surface area contributed by atoms with Crippen molar-refractivity contribution in [1.82, 2.24) is 4.98 Å². The smallest absolute Gasteiger partial charge is 0.123 e. The summed E-state index contributed by atoms with van der Waals surface area (Å²) in [6, 6.07) is 3.75. The maximum Gasteiger partial charge on any atom is 0.123 e. The van der Waals surface area contributed by atoms with E-state index in [1.807, 2.05) is 12.1 Å². The second-order valence-corrected chi connectivity index (χ2v) is 3.50. The summed E-state index contributed by atoms with van der Waals surface area (Å²) in [7, 11) is 0. The van der Waals surface area contributed by atoms with Crippen molar-refractivity contribution in [2.45, 2.75) is 20.5 Å². The predicted octanol–water partition coefficient (Wildman–Crippen LogP) is 1.84. The summed E-state index contributed by atoms with van der Waals surface area (Å²) < 4.78 is 5.45. The quantitative estimate of drug-likeness (QED) is 0.769. The molecule has 3 heteroatoms. The lowest BCUT2D eigenvalue weighted by Gasteiger charge is -2.06. The van der Waals surface area contributed by atoms with Gasteiger partial charge in [-0.05, 0) is 23.6 Å². The van der Waals surface area contributed by atoms with E-state index in [0.717, 1.165) is 12.2 Å². The fraction of sp³-hybridized carbons (Fsp3) is 0.500. The number of hydrogen-bond acceptors (Lipinski definition) is 3. The lowest BCUT2D eigenvalue weighted by Crippen LogP contribution is -2.02. The van der Waals surface area contributed by atoms with Crippen molar-refractivity contribution in [3.05, 3.63) is 23.9 Å². The van der Waals surface area contributed by atoms with Crippen LogP contribution in [0, 0.1) is 5.92 Å². The minimum atomic E-state index is 0.547. The van der Waals surface area contributed by atoms with E-state index < -0.39 is 0 Å². The molecule has 0 saturated carbocycles. The third-order valence-electron chi connectivity index (χ3n) is 1.57. The summed E-state index contributed by atoms with van der Waals surface area (Å²) in [6.45, 7) is 5.65. The number of anilines is 1. The van der Waals surface area contributed by atoms with Crippen molar-refractivity contribution >= 4 is 5.82 Å². The fourth-order valence-electron chi connectivity index (χ4n) is 0.997. The number of nitrogen functional groups attached to an aromatic ring is 1. The van der Waals surface area contributed by atoms with Crippen molar-refractivity contribution in [1.29, 1.82) is 0 Å². The number of hydrogen-bond donors (Lipinski definition) is 1. The van der Waals surface area contributed by atoms with Gasteiger partial charge in [-0.3, -0.25) is 0 Å². The summed E-state index contributed by atoms with van der Waals surface area (Å²) in [5.74, 6) is 1.12. The van der Waals surface area contributed by atoms with E-state index in [1.165, 1.54) is 0 Å². The molecule has 1 heterocycles. The number of pyridine rings is 1. The predicted molar refractivity (Wildman–Crippen MR) is 53.1 cm³/mol. The molecule has 0 saturated heterocycles. The molecule has 3 nitrogen and oxygen atoms in total. The van der Waals surface area contributed by atoms with Gasteiger partial charge in [0.15, 0.2) is 0 Å². The summed E-state index contributed by atoms with van der Waals surface area (Å²) in [5.41, 5.74) is 6.60. The van der Waals surface area contributed by atoms with Crippen LogP contribution < -0.4 is 5.73 Å². The van der Waals surface area contributed by atoms with Crippen molar-refractivity contribution in [2.24, 2.45) is 5.92 Å². The first-order valence-corrected chi connectivity index (χ1v) is 4.46. The highest BCUT2D eigenvalue weighted by molar-refractivity contribution is 5.31. The molecule has 1 aromatic heterocycles. The third-order valence-corrected chi connectivity index (χ3v) is 1.57. The molecule has 0 amide bonds. The minimum absolute atomic E-state index is 0.547. The number of nitrogens with two attached hydrogens (primary N) is 1. The van der Waals surface area contributed by atoms with Gasteiger partial charge in [-0.15, -0.1) is 0 Å². The summed E-state index contributed by atoms with van der Waals surface area (Å²) in [5, 5.41) is 0. The second-order valence-electron chi connectivity index (χ2n) is 3.50. The standard InChI is InChI=1S/C10H16N2O/c1-8(2)6-13-7-9-3-4-12-10(11)5-9/h3-5,8H,6-7H2,1-2H3,(H2,11,12). The van der Waals surface area contributed by atoms with Gasteiger partial charge in [0.25, 0.3) is 0 Å². The molecule has 0 aliphatic carbocycles. The van der Waals surface area contributed by atoms with Gasteiger partial charge < -0.3 is 10.5 Å². The van der Waals surface area contributed by atoms with E-state index in [2.05, 4.69) is 18.8 Å². The van der Waals surface area contributed by atoms with Gasteiger partial charge in [-0.1, -0.05) is 13.8 Å². The third kappa shape index (κ3) is 3.90. The normalized spacial score (nSPS) is 10.7. The van der Waals surface area contributed by atoms with Gasteiger partial charge in [-0.2, -0.15) is 0 Å². The fourth-order valence-corrected chi connectivity index (χ4v) is 0.997. The van der Waals surface area contributed by atoms with Crippen LogP contribution in [0.5, 0.6) is 0 Å². The van der Waals surface area contributed by atoms with Crippen molar-refractivity contribution in [3.8, 4) is 0 Å². The highest BCUT2D eigenvalue weighted by Gasteiger charge is 1.96. The molecule has 1 aromatic rings. The van der Waals surface area contributed by atoms with E-state index in [-0.39, 0.29) is 0 Å². The van der Waals surface area contributed by atoms with Crippen LogP contribution in [0.2, 0.25) is 0 Å². The van der Waals surface area contributed by atoms with Gasteiger partial charge in [0, 0.05) is 12.8 Å². The summed E-state index contributed by atoms with van der Waals surface area (Å²) >= 11 is 0. The van der Waals surface area contributed by atoms with Gasteiger partial charge in [0.2, 0.25) is 0 Å². The molecule has 0 aliphatic heterocycles. The Balaban J connectivity index is 2.37. The van der Waals surface area contributed by atoms with Crippen LogP contribution in [-0.4, -0.2) is 11.6 Å². The molecule has 0 radical (unpaired) electrons. The molecule has 0 aromatic carbocycles. The average Bonchev–Trinajstić information content (AvgIpc) is 2.03. The Morgan fingerprint density at radius 2 is 2.31 bits per heavy atom. The average molecular weight is 180 g/mol. The number of ether oxygens (including phenoxy) is 1. The van der Waals surface area contributed by atoms with Gasteiger partial charge >= 0.3 is 0 Å². The molecule has 2 N–H and O–H groups in total. The van der Waals surface area contributed by atoms with Crippen LogP contribution in [0.4, 0.5) is 5.82 Å². The highest BCUT2D eigenvalue weighted by atomic mass is 16.5. The maximum absolute atomic E-state index is 5.52. The summed E-state index contributed by atoms with van der Waals surface area (Å²) in [6.07, 6.45) is 1.70. The first kappa shape index (κ1) is 9.99. The van der Waals surface area contributed by atoms with Crippen LogP contribution in [0.15, 0.2) is 18.3 Å². The Bertz CT molecular complexity index is 261. The van der Waals surface area contributed by atoms with Gasteiger partial charge in [0.1, 0.15) is 5.82 Å². The Morgan fingerprint density at radius 1 is 1.54 bits per heavy atom. The zero-order valence-corrected chi connectivity index (χ0v) is 8.16. The molecule has 0 spiro atoms. The first-order chi connectivity index (χ1) is 6.18. The molecule has 0 atom stereocenters. The van der Waals surface area contributed by atoms with Crippen molar-refractivity contribution in [2.75, 3.05) is 12.3 Å². The molecular weight excluding hydrogens is 164 g/mol. The number of rotatable bonds is 4. The molecule has 1 rings (SSSR count). The zero-order chi connectivity index (χ0) is 9.68.